The first-order chi connectivity index (χ1) is 45.2. The molecule has 5 aliphatic rings. The van der Waals surface area contributed by atoms with E-state index in [1.165, 1.54) is 71.0 Å². The Bertz CT molecular complexity index is 5180. The fourth-order valence-corrected chi connectivity index (χ4v) is 18.0. The van der Waals surface area contributed by atoms with Crippen molar-refractivity contribution in [2.45, 2.75) is 58.6 Å². The maximum atomic E-state index is 9.82. The average molecular weight is 1200 g/mol. The molecule has 13 aromatic rings. The van der Waals surface area contributed by atoms with E-state index in [-0.39, 0.29) is 5.41 Å². The van der Waals surface area contributed by atoms with Crippen LogP contribution in [0.25, 0.3) is 33.4 Å². The second-order valence-corrected chi connectivity index (χ2v) is 27.0. The predicted octanol–water partition coefficient (Wildman–Crippen LogP) is 22.0. The number of hydrogen-bond acceptors (Lipinski definition) is 5. The quantitative estimate of drug-likeness (QED) is 0.166. The van der Waals surface area contributed by atoms with Gasteiger partial charge >= 0.3 is 0 Å². The SMILES string of the molecule is CC1(C)c2ccccc2C2(c3ccccc3Sc3ccc(-c4ccc(N5c6ccccc6Oc6c(CC7(C)c8ccccc8C8(c9ccccc9Oc9c(-c%10cccc(-c%11cccc(C#N)c%11)c%10)cccc98)c8ccccc87)cccc65)cc4)cc32)c2ccccc21. The van der Waals surface area contributed by atoms with Crippen molar-refractivity contribution in [3.05, 3.63) is 375 Å². The molecule has 0 amide bonds. The van der Waals surface area contributed by atoms with Crippen LogP contribution < -0.4 is 14.4 Å². The zero-order valence-electron chi connectivity index (χ0n) is 51.1. The number of benzene rings is 13. The summed E-state index contributed by atoms with van der Waals surface area (Å²) in [5, 5.41) is 9.82. The molecule has 0 atom stereocenters. The fourth-order valence-electron chi connectivity index (χ4n) is 16.8. The highest BCUT2D eigenvalue weighted by atomic mass is 32.2. The van der Waals surface area contributed by atoms with Gasteiger partial charge in [-0.25, -0.2) is 0 Å². The highest BCUT2D eigenvalue weighted by molar-refractivity contribution is 7.99. The zero-order valence-corrected chi connectivity index (χ0v) is 51.9. The maximum Gasteiger partial charge on any atom is 0.154 e. The first-order valence-corrected chi connectivity index (χ1v) is 32.6. The minimum absolute atomic E-state index is 0.180. The van der Waals surface area contributed by atoms with Gasteiger partial charge in [-0.15, -0.1) is 0 Å². The molecule has 0 saturated carbocycles. The highest BCUT2D eigenvalue weighted by Crippen LogP contribution is 2.65. The standard InChI is InChI=1S/C87H60N2O2S/c1-84(2)64-28-4-8-32-68(64)87(69-33-9-5-29-65(69)84)73-37-13-17-43-80(73)92-81-49-46-59(52-75(81)87)56-44-47-62(48-45-56)89-76-39-14-16-42-79(76)91-82-61(26-20-40-77(82)89)53-85(3)66-30-6-10-34-70(66)86(71-35-11-7-31-67(71)85)72-36-12-15-41-78(72)90-83-63(27-21-38-74(83)86)60-25-19-24-58(51-60)57-23-18-22-55(50-57)54-88/h4-52H,53H2,1-3H3. The van der Waals surface area contributed by atoms with Crippen molar-refractivity contribution in [2.75, 3.05) is 4.90 Å². The number of fused-ring (bicyclic) bond motifs is 18. The van der Waals surface area contributed by atoms with Gasteiger partial charge in [-0.3, -0.25) is 0 Å². The topological polar surface area (TPSA) is 45.5 Å². The van der Waals surface area contributed by atoms with Gasteiger partial charge in [-0.05, 0) is 168 Å². The summed E-state index contributed by atoms with van der Waals surface area (Å²) in [4.78, 5) is 4.97. The molecule has 3 heterocycles. The van der Waals surface area contributed by atoms with Crippen molar-refractivity contribution >= 4 is 28.8 Å². The lowest BCUT2D eigenvalue weighted by atomic mass is 9.52. The molecule has 0 bridgehead atoms. The maximum absolute atomic E-state index is 9.82. The van der Waals surface area contributed by atoms with Crippen LogP contribution in [0.3, 0.4) is 0 Å². The van der Waals surface area contributed by atoms with Crippen molar-refractivity contribution < 1.29 is 9.47 Å². The van der Waals surface area contributed by atoms with Crippen LogP contribution in [0.4, 0.5) is 17.1 Å². The van der Waals surface area contributed by atoms with Crippen molar-refractivity contribution in [3.8, 4) is 62.4 Å². The Kier molecular flexibility index (Phi) is 11.9. The van der Waals surface area contributed by atoms with E-state index < -0.39 is 16.2 Å². The van der Waals surface area contributed by atoms with Gasteiger partial charge in [0.25, 0.3) is 0 Å². The van der Waals surface area contributed by atoms with Gasteiger partial charge in [-0.1, -0.05) is 257 Å². The lowest BCUT2D eigenvalue weighted by Gasteiger charge is -2.51. The number of nitriles is 1. The molecule has 92 heavy (non-hydrogen) atoms. The molecule has 0 saturated heterocycles. The number of anilines is 3. The van der Waals surface area contributed by atoms with Gasteiger partial charge in [0.1, 0.15) is 11.5 Å². The first-order valence-electron chi connectivity index (χ1n) is 31.8. The number of ether oxygens (including phenoxy) is 2. The summed E-state index contributed by atoms with van der Waals surface area (Å²) in [6.07, 6.45) is 0.662. The van der Waals surface area contributed by atoms with E-state index >= 15 is 0 Å². The third kappa shape index (κ3) is 7.59. The van der Waals surface area contributed by atoms with Crippen LogP contribution in [-0.4, -0.2) is 0 Å². The molecule has 0 fully saturated rings. The molecule has 2 spiro atoms. The van der Waals surface area contributed by atoms with E-state index in [1.54, 1.807) is 0 Å². The second kappa shape index (κ2) is 20.3. The van der Waals surface area contributed by atoms with E-state index in [0.29, 0.717) is 12.0 Å². The Balaban J connectivity index is 0.744. The summed E-state index contributed by atoms with van der Waals surface area (Å²) in [6.45, 7) is 7.21. The number of para-hydroxylation sites is 5. The Hall–Kier alpha value is -10.9. The minimum Gasteiger partial charge on any atom is -0.456 e. The molecule has 18 rings (SSSR count). The van der Waals surface area contributed by atoms with Gasteiger partial charge < -0.3 is 14.4 Å². The number of hydrogen-bond donors (Lipinski definition) is 0. The molecule has 5 heteroatoms. The average Bonchev–Trinajstić information content (AvgIpc) is 0.683. The molecule has 2 aliphatic carbocycles. The van der Waals surface area contributed by atoms with Crippen LogP contribution in [-0.2, 0) is 28.1 Å². The third-order valence-corrected chi connectivity index (χ3v) is 22.0. The van der Waals surface area contributed by atoms with E-state index in [2.05, 4.69) is 311 Å². The molecule has 0 aromatic heterocycles. The predicted molar refractivity (Wildman–Crippen MR) is 372 cm³/mol. The van der Waals surface area contributed by atoms with E-state index in [1.807, 2.05) is 30.0 Å². The molecule has 4 nitrogen and oxygen atoms in total. The van der Waals surface area contributed by atoms with Crippen molar-refractivity contribution in [3.63, 3.8) is 0 Å². The molecule has 3 aliphatic heterocycles. The first kappa shape index (κ1) is 54.1. The molecule has 0 radical (unpaired) electrons. The van der Waals surface area contributed by atoms with Crippen LogP contribution in [0.2, 0.25) is 0 Å². The molecular formula is C87H60N2O2S. The van der Waals surface area contributed by atoms with Gasteiger partial charge in [-0.2, -0.15) is 5.26 Å². The van der Waals surface area contributed by atoms with Gasteiger partial charge in [0.15, 0.2) is 11.5 Å². The van der Waals surface area contributed by atoms with Gasteiger partial charge in [0.05, 0.1) is 33.8 Å². The van der Waals surface area contributed by atoms with E-state index in [9.17, 15) is 5.26 Å². The third-order valence-electron chi connectivity index (χ3n) is 20.8. The zero-order chi connectivity index (χ0) is 61.5. The summed E-state index contributed by atoms with van der Waals surface area (Å²) in [5.74, 6) is 3.33. The van der Waals surface area contributed by atoms with E-state index in [0.717, 1.165) is 84.6 Å². The fraction of sp³-hybridized carbons (Fsp3) is 0.0920. The van der Waals surface area contributed by atoms with Gasteiger partial charge in [0.2, 0.25) is 0 Å². The largest absolute Gasteiger partial charge is 0.456 e. The summed E-state index contributed by atoms with van der Waals surface area (Å²) in [7, 11) is 0. The Labute approximate surface area is 541 Å². The van der Waals surface area contributed by atoms with Crippen LogP contribution in [0.5, 0.6) is 23.0 Å². The van der Waals surface area contributed by atoms with Crippen molar-refractivity contribution in [1.29, 1.82) is 5.26 Å². The molecule has 0 unspecified atom stereocenters. The smallest absolute Gasteiger partial charge is 0.154 e. The second-order valence-electron chi connectivity index (χ2n) is 25.9. The lowest BCUT2D eigenvalue weighted by molar-refractivity contribution is 0.420. The molecular weight excluding hydrogens is 1140 g/mol. The van der Waals surface area contributed by atoms with Crippen LogP contribution in [0.1, 0.15) is 98.7 Å². The molecule has 13 aromatic carbocycles. The Morgan fingerprint density at radius 2 is 0.848 bits per heavy atom. The normalized spacial score (nSPS) is 15.4. The highest BCUT2D eigenvalue weighted by Gasteiger charge is 2.55. The lowest BCUT2D eigenvalue weighted by Crippen LogP contribution is -2.45. The van der Waals surface area contributed by atoms with Crippen molar-refractivity contribution in [1.82, 2.24) is 0 Å². The van der Waals surface area contributed by atoms with Crippen LogP contribution >= 0.6 is 11.8 Å². The Morgan fingerprint density at radius 1 is 0.359 bits per heavy atom. The molecule has 0 N–H and O–H groups in total. The minimum atomic E-state index is -0.741. The number of rotatable bonds is 6. The van der Waals surface area contributed by atoms with Gasteiger partial charge in [0, 0.05) is 43.0 Å². The van der Waals surface area contributed by atoms with E-state index in [4.69, 9.17) is 9.47 Å². The van der Waals surface area contributed by atoms with Crippen molar-refractivity contribution in [2.24, 2.45) is 0 Å². The summed E-state index contributed by atoms with van der Waals surface area (Å²) < 4.78 is 14.5. The summed E-state index contributed by atoms with van der Waals surface area (Å²) in [5.41, 5.74) is 24.5. The summed E-state index contributed by atoms with van der Waals surface area (Å²) in [6, 6.07) is 111. The monoisotopic (exact) mass is 1200 g/mol. The number of nitrogens with zero attached hydrogens (tertiary/aromatic N) is 2. The summed E-state index contributed by atoms with van der Waals surface area (Å²) >= 11 is 1.89. The van der Waals surface area contributed by atoms with Crippen LogP contribution in [0, 0.1) is 11.3 Å². The van der Waals surface area contributed by atoms with Crippen LogP contribution in [0.15, 0.2) is 307 Å². The Morgan fingerprint density at radius 3 is 1.55 bits per heavy atom. The molecule has 436 valence electrons.